The Morgan fingerprint density at radius 2 is 2.25 bits per heavy atom. The summed E-state index contributed by atoms with van der Waals surface area (Å²) >= 11 is 3.44. The van der Waals surface area contributed by atoms with Crippen LogP contribution in [0.3, 0.4) is 0 Å². The van der Waals surface area contributed by atoms with Gasteiger partial charge in [-0.25, -0.2) is 0 Å². The monoisotopic (exact) mass is 285 g/mol. The minimum Gasteiger partial charge on any atom is -0.391 e. The van der Waals surface area contributed by atoms with E-state index < -0.39 is 6.10 Å². The zero-order valence-corrected chi connectivity index (χ0v) is 10.8. The molecule has 88 valence electrons. The van der Waals surface area contributed by atoms with Crippen molar-refractivity contribution in [1.82, 2.24) is 0 Å². The molecule has 0 aromatic heterocycles. The highest BCUT2D eigenvalue weighted by molar-refractivity contribution is 9.10. The highest BCUT2D eigenvalue weighted by atomic mass is 79.9. The molecule has 1 aliphatic heterocycles. The van der Waals surface area contributed by atoms with Gasteiger partial charge in [-0.3, -0.25) is 0 Å². The summed E-state index contributed by atoms with van der Waals surface area (Å²) in [7, 11) is 0. The SMILES string of the molecule is CC(O)c1ccc(Br)cc1N1CCC(O)C1. The van der Waals surface area contributed by atoms with Crippen LogP contribution in [-0.2, 0) is 0 Å². The lowest BCUT2D eigenvalue weighted by molar-refractivity contribution is 0.196. The van der Waals surface area contributed by atoms with Gasteiger partial charge in [-0.1, -0.05) is 22.0 Å². The summed E-state index contributed by atoms with van der Waals surface area (Å²) in [6.45, 7) is 3.26. The Morgan fingerprint density at radius 1 is 1.50 bits per heavy atom. The molecule has 1 aromatic rings. The Morgan fingerprint density at radius 3 is 2.81 bits per heavy atom. The van der Waals surface area contributed by atoms with E-state index in [4.69, 9.17) is 0 Å². The van der Waals surface area contributed by atoms with Gasteiger partial charge < -0.3 is 15.1 Å². The van der Waals surface area contributed by atoms with E-state index in [1.807, 2.05) is 18.2 Å². The molecule has 1 heterocycles. The van der Waals surface area contributed by atoms with Crippen LogP contribution in [0.1, 0.15) is 25.0 Å². The third kappa shape index (κ3) is 2.39. The maximum absolute atomic E-state index is 9.72. The van der Waals surface area contributed by atoms with Crippen LogP contribution in [0.25, 0.3) is 0 Å². The average Bonchev–Trinajstić information content (AvgIpc) is 2.64. The summed E-state index contributed by atoms with van der Waals surface area (Å²) in [5.74, 6) is 0. The van der Waals surface area contributed by atoms with Gasteiger partial charge in [0.1, 0.15) is 0 Å². The van der Waals surface area contributed by atoms with Crippen molar-refractivity contribution >= 4 is 21.6 Å². The van der Waals surface area contributed by atoms with Gasteiger partial charge >= 0.3 is 0 Å². The van der Waals surface area contributed by atoms with Crippen molar-refractivity contribution in [2.75, 3.05) is 18.0 Å². The molecule has 1 saturated heterocycles. The molecule has 0 amide bonds. The van der Waals surface area contributed by atoms with Crippen LogP contribution in [0, 0.1) is 0 Å². The van der Waals surface area contributed by atoms with Crippen LogP contribution in [0.4, 0.5) is 5.69 Å². The summed E-state index contributed by atoms with van der Waals surface area (Å²) in [6.07, 6.45) is 0.0628. The Balaban J connectivity index is 2.34. The van der Waals surface area contributed by atoms with E-state index in [0.717, 1.165) is 28.7 Å². The van der Waals surface area contributed by atoms with Crippen LogP contribution in [0.5, 0.6) is 0 Å². The second-order valence-corrected chi connectivity index (χ2v) is 5.18. The summed E-state index contributed by atoms with van der Waals surface area (Å²) in [5.41, 5.74) is 1.93. The molecular formula is C12H16BrNO2. The van der Waals surface area contributed by atoms with Crippen molar-refractivity contribution in [3.63, 3.8) is 0 Å². The van der Waals surface area contributed by atoms with Crippen molar-refractivity contribution in [1.29, 1.82) is 0 Å². The van der Waals surface area contributed by atoms with E-state index in [0.29, 0.717) is 6.54 Å². The number of halogens is 1. The molecule has 0 aliphatic carbocycles. The Hall–Kier alpha value is -0.580. The molecule has 1 aliphatic rings. The Bertz CT molecular complexity index is 381. The Kier molecular flexibility index (Phi) is 3.52. The number of benzene rings is 1. The topological polar surface area (TPSA) is 43.7 Å². The molecule has 0 saturated carbocycles. The van der Waals surface area contributed by atoms with Crippen molar-refractivity contribution in [2.24, 2.45) is 0 Å². The quantitative estimate of drug-likeness (QED) is 0.874. The van der Waals surface area contributed by atoms with E-state index >= 15 is 0 Å². The van der Waals surface area contributed by atoms with Gasteiger partial charge in [0.25, 0.3) is 0 Å². The molecule has 0 bridgehead atoms. The van der Waals surface area contributed by atoms with Crippen LogP contribution >= 0.6 is 15.9 Å². The number of hydrogen-bond acceptors (Lipinski definition) is 3. The number of rotatable bonds is 2. The number of hydrogen-bond donors (Lipinski definition) is 2. The molecule has 0 radical (unpaired) electrons. The van der Waals surface area contributed by atoms with Crippen molar-refractivity contribution in [3.05, 3.63) is 28.2 Å². The molecule has 1 fully saturated rings. The average molecular weight is 286 g/mol. The van der Waals surface area contributed by atoms with Crippen LogP contribution in [0.2, 0.25) is 0 Å². The third-order valence-corrected chi connectivity index (χ3v) is 3.44. The first kappa shape index (κ1) is 11.9. The summed E-state index contributed by atoms with van der Waals surface area (Å²) < 4.78 is 0.994. The maximum atomic E-state index is 9.72. The summed E-state index contributed by atoms with van der Waals surface area (Å²) in [5, 5.41) is 19.3. The number of anilines is 1. The number of aliphatic hydroxyl groups is 2. The molecule has 2 atom stereocenters. The second-order valence-electron chi connectivity index (χ2n) is 4.27. The molecular weight excluding hydrogens is 270 g/mol. The lowest BCUT2D eigenvalue weighted by Gasteiger charge is -2.23. The summed E-state index contributed by atoms with van der Waals surface area (Å²) in [6, 6.07) is 5.85. The standard InChI is InChI=1S/C12H16BrNO2/c1-8(15)11-3-2-9(13)6-12(11)14-5-4-10(16)7-14/h2-3,6,8,10,15-16H,4-5,7H2,1H3. The highest BCUT2D eigenvalue weighted by Crippen LogP contribution is 2.31. The largest absolute Gasteiger partial charge is 0.391 e. The molecule has 2 N–H and O–H groups in total. The number of nitrogens with zero attached hydrogens (tertiary/aromatic N) is 1. The van der Waals surface area contributed by atoms with Crippen LogP contribution in [-0.4, -0.2) is 29.4 Å². The number of aliphatic hydroxyl groups excluding tert-OH is 2. The van der Waals surface area contributed by atoms with E-state index in [1.165, 1.54) is 0 Å². The molecule has 1 aromatic carbocycles. The van der Waals surface area contributed by atoms with Gasteiger partial charge in [0.15, 0.2) is 0 Å². The van der Waals surface area contributed by atoms with Crippen molar-refractivity contribution < 1.29 is 10.2 Å². The second kappa shape index (κ2) is 4.73. The third-order valence-electron chi connectivity index (χ3n) is 2.95. The van der Waals surface area contributed by atoms with E-state index in [2.05, 4.69) is 20.8 Å². The fourth-order valence-electron chi connectivity index (χ4n) is 2.10. The molecule has 4 heteroatoms. The minimum atomic E-state index is -0.485. The zero-order valence-electron chi connectivity index (χ0n) is 9.23. The lowest BCUT2D eigenvalue weighted by Crippen LogP contribution is -2.22. The Labute approximate surface area is 104 Å². The highest BCUT2D eigenvalue weighted by Gasteiger charge is 2.23. The van der Waals surface area contributed by atoms with Gasteiger partial charge in [-0.2, -0.15) is 0 Å². The predicted octanol–water partition coefficient (Wildman–Crippen LogP) is 2.07. The van der Waals surface area contributed by atoms with E-state index in [9.17, 15) is 10.2 Å². The first-order valence-electron chi connectivity index (χ1n) is 5.48. The maximum Gasteiger partial charge on any atom is 0.0782 e. The van der Waals surface area contributed by atoms with Gasteiger partial charge in [0, 0.05) is 28.8 Å². The fourth-order valence-corrected chi connectivity index (χ4v) is 2.45. The molecule has 0 spiro atoms. The van der Waals surface area contributed by atoms with Gasteiger partial charge in [0.2, 0.25) is 0 Å². The van der Waals surface area contributed by atoms with Crippen molar-refractivity contribution in [3.8, 4) is 0 Å². The molecule has 16 heavy (non-hydrogen) atoms. The fraction of sp³-hybridized carbons (Fsp3) is 0.500. The van der Waals surface area contributed by atoms with Crippen LogP contribution in [0.15, 0.2) is 22.7 Å². The smallest absolute Gasteiger partial charge is 0.0782 e. The first-order chi connectivity index (χ1) is 7.58. The zero-order chi connectivity index (χ0) is 11.7. The van der Waals surface area contributed by atoms with E-state index in [1.54, 1.807) is 6.92 Å². The summed E-state index contributed by atoms with van der Waals surface area (Å²) in [4.78, 5) is 2.12. The lowest BCUT2D eigenvalue weighted by atomic mass is 10.1. The van der Waals surface area contributed by atoms with Crippen LogP contribution < -0.4 is 4.90 Å². The minimum absolute atomic E-state index is 0.249. The molecule has 2 unspecified atom stereocenters. The van der Waals surface area contributed by atoms with E-state index in [-0.39, 0.29) is 6.10 Å². The first-order valence-corrected chi connectivity index (χ1v) is 6.27. The predicted molar refractivity (Wildman–Crippen MR) is 67.6 cm³/mol. The molecule has 2 rings (SSSR count). The normalized spacial score (nSPS) is 22.5. The van der Waals surface area contributed by atoms with Crippen molar-refractivity contribution in [2.45, 2.75) is 25.6 Å². The van der Waals surface area contributed by atoms with Gasteiger partial charge in [-0.15, -0.1) is 0 Å². The van der Waals surface area contributed by atoms with Gasteiger partial charge in [-0.05, 0) is 25.5 Å². The number of β-amino-alcohol motifs (C(OH)–C–C–N with tert-alkyl or cyclic N) is 1. The molecule has 3 nitrogen and oxygen atoms in total. The van der Waals surface area contributed by atoms with Gasteiger partial charge in [0.05, 0.1) is 12.2 Å².